The van der Waals surface area contributed by atoms with Crippen molar-refractivity contribution in [2.45, 2.75) is 26.3 Å². The summed E-state index contributed by atoms with van der Waals surface area (Å²) in [6.07, 6.45) is 6.27. The molecule has 0 saturated heterocycles. The largest absolute Gasteiger partial charge is 0.496 e. The molecule has 0 bridgehead atoms. The minimum absolute atomic E-state index is 0.00139. The average molecular weight is 271 g/mol. The molecule has 0 saturated carbocycles. The van der Waals surface area contributed by atoms with Gasteiger partial charge in [0.25, 0.3) is 0 Å². The third-order valence-corrected chi connectivity index (χ3v) is 3.17. The van der Waals surface area contributed by atoms with Crippen LogP contribution in [-0.4, -0.2) is 23.6 Å². The number of rotatable bonds is 6. The molecular weight excluding hydrogens is 250 g/mol. The van der Waals surface area contributed by atoms with E-state index in [2.05, 4.69) is 41.3 Å². The number of hydrogen-bond acceptors (Lipinski definition) is 4. The van der Waals surface area contributed by atoms with Gasteiger partial charge in [-0.3, -0.25) is 9.97 Å². The molecule has 0 aliphatic carbocycles. The number of aromatic nitrogens is 2. The van der Waals surface area contributed by atoms with Crippen LogP contribution in [-0.2, 0) is 0 Å². The first kappa shape index (κ1) is 14.5. The van der Waals surface area contributed by atoms with Crippen LogP contribution in [0.3, 0.4) is 0 Å². The van der Waals surface area contributed by atoms with E-state index in [1.807, 2.05) is 6.07 Å². The van der Waals surface area contributed by atoms with Crippen molar-refractivity contribution in [3.05, 3.63) is 53.6 Å². The molecule has 2 rings (SSSR count). The van der Waals surface area contributed by atoms with Crippen LogP contribution >= 0.6 is 0 Å². The van der Waals surface area contributed by atoms with Crippen molar-refractivity contribution in [2.24, 2.45) is 0 Å². The Morgan fingerprint density at radius 3 is 2.80 bits per heavy atom. The van der Waals surface area contributed by atoms with Crippen molar-refractivity contribution < 1.29 is 4.74 Å². The van der Waals surface area contributed by atoms with Crippen LogP contribution < -0.4 is 10.1 Å². The zero-order valence-electron chi connectivity index (χ0n) is 12.3. The van der Waals surface area contributed by atoms with E-state index < -0.39 is 0 Å². The lowest BCUT2D eigenvalue weighted by Crippen LogP contribution is -2.24. The molecule has 0 radical (unpaired) electrons. The molecule has 4 heteroatoms. The topological polar surface area (TPSA) is 47.0 Å². The Labute approximate surface area is 120 Å². The Morgan fingerprint density at radius 2 is 2.15 bits per heavy atom. The lowest BCUT2D eigenvalue weighted by Gasteiger charge is -2.21. The molecule has 0 spiro atoms. The summed E-state index contributed by atoms with van der Waals surface area (Å²) in [4.78, 5) is 8.61. The minimum Gasteiger partial charge on any atom is -0.496 e. The Hall–Kier alpha value is -1.94. The van der Waals surface area contributed by atoms with Gasteiger partial charge in [-0.15, -0.1) is 0 Å². The van der Waals surface area contributed by atoms with Gasteiger partial charge in [-0.25, -0.2) is 0 Å². The average Bonchev–Trinajstić information content (AvgIpc) is 2.49. The number of nitrogens with zero attached hydrogens (tertiary/aromatic N) is 2. The SMILES string of the molecule is CCCNC(c1cnccn1)c1cc(C)ccc1OC. The molecule has 0 amide bonds. The van der Waals surface area contributed by atoms with Gasteiger partial charge in [-0.1, -0.05) is 24.6 Å². The Bertz CT molecular complexity index is 543. The van der Waals surface area contributed by atoms with Crippen LogP contribution in [0.15, 0.2) is 36.8 Å². The highest BCUT2D eigenvalue weighted by molar-refractivity contribution is 5.42. The second kappa shape index (κ2) is 7.01. The molecule has 1 unspecified atom stereocenters. The Kier molecular flexibility index (Phi) is 5.07. The molecule has 2 aromatic rings. The van der Waals surface area contributed by atoms with E-state index in [0.717, 1.165) is 30.0 Å². The molecule has 20 heavy (non-hydrogen) atoms. The predicted octanol–water partition coefficient (Wildman–Crippen LogP) is 2.88. The second-order valence-corrected chi connectivity index (χ2v) is 4.76. The summed E-state index contributed by atoms with van der Waals surface area (Å²) in [7, 11) is 1.70. The van der Waals surface area contributed by atoms with Gasteiger partial charge in [0.05, 0.1) is 25.0 Å². The van der Waals surface area contributed by atoms with Gasteiger partial charge >= 0.3 is 0 Å². The fraction of sp³-hybridized carbons (Fsp3) is 0.375. The van der Waals surface area contributed by atoms with Gasteiger partial charge in [0, 0.05) is 18.0 Å². The molecular formula is C16H21N3O. The zero-order chi connectivity index (χ0) is 14.4. The molecule has 4 nitrogen and oxygen atoms in total. The summed E-state index contributed by atoms with van der Waals surface area (Å²) in [5, 5.41) is 3.52. The molecule has 1 atom stereocenters. The minimum atomic E-state index is -0.00139. The maximum absolute atomic E-state index is 5.49. The van der Waals surface area contributed by atoms with Crippen LogP contribution in [0, 0.1) is 6.92 Å². The van der Waals surface area contributed by atoms with E-state index in [9.17, 15) is 0 Å². The van der Waals surface area contributed by atoms with Gasteiger partial charge in [0.2, 0.25) is 0 Å². The smallest absolute Gasteiger partial charge is 0.124 e. The standard InChI is InChI=1S/C16H21N3O/c1-4-7-19-16(14-11-17-8-9-18-14)13-10-12(2)5-6-15(13)20-3/h5-6,8-11,16,19H,4,7H2,1-3H3. The van der Waals surface area contributed by atoms with E-state index in [-0.39, 0.29) is 6.04 Å². The van der Waals surface area contributed by atoms with Gasteiger partial charge < -0.3 is 10.1 Å². The van der Waals surface area contributed by atoms with Crippen molar-refractivity contribution in [1.29, 1.82) is 0 Å². The van der Waals surface area contributed by atoms with E-state index >= 15 is 0 Å². The number of benzene rings is 1. The van der Waals surface area contributed by atoms with Crippen molar-refractivity contribution in [3.8, 4) is 5.75 Å². The monoisotopic (exact) mass is 271 g/mol. The lowest BCUT2D eigenvalue weighted by molar-refractivity contribution is 0.403. The first-order chi connectivity index (χ1) is 9.76. The number of ether oxygens (including phenoxy) is 1. The highest BCUT2D eigenvalue weighted by atomic mass is 16.5. The van der Waals surface area contributed by atoms with E-state index in [0.29, 0.717) is 0 Å². The molecule has 0 aliphatic heterocycles. The molecule has 1 heterocycles. The molecule has 1 N–H and O–H groups in total. The van der Waals surface area contributed by atoms with Crippen LogP contribution in [0.2, 0.25) is 0 Å². The summed E-state index contributed by atoms with van der Waals surface area (Å²) < 4.78 is 5.49. The highest BCUT2D eigenvalue weighted by Gasteiger charge is 2.19. The Morgan fingerprint density at radius 1 is 1.30 bits per heavy atom. The number of hydrogen-bond donors (Lipinski definition) is 1. The lowest BCUT2D eigenvalue weighted by atomic mass is 10.0. The maximum Gasteiger partial charge on any atom is 0.124 e. The van der Waals surface area contributed by atoms with Crippen LogP contribution in [0.5, 0.6) is 5.75 Å². The summed E-state index contributed by atoms with van der Waals surface area (Å²) >= 11 is 0. The van der Waals surface area contributed by atoms with E-state index in [1.54, 1.807) is 25.7 Å². The van der Waals surface area contributed by atoms with Crippen molar-refractivity contribution >= 4 is 0 Å². The molecule has 0 aliphatic rings. The fourth-order valence-electron chi connectivity index (χ4n) is 2.20. The number of methoxy groups -OCH3 is 1. The van der Waals surface area contributed by atoms with Gasteiger partial charge in [0.15, 0.2) is 0 Å². The third-order valence-electron chi connectivity index (χ3n) is 3.17. The van der Waals surface area contributed by atoms with Gasteiger partial charge in [0.1, 0.15) is 5.75 Å². The van der Waals surface area contributed by atoms with Crippen LogP contribution in [0.4, 0.5) is 0 Å². The van der Waals surface area contributed by atoms with Crippen molar-refractivity contribution in [2.75, 3.05) is 13.7 Å². The zero-order valence-corrected chi connectivity index (χ0v) is 12.3. The predicted molar refractivity (Wildman–Crippen MR) is 79.9 cm³/mol. The Balaban J connectivity index is 2.43. The quantitative estimate of drug-likeness (QED) is 0.877. The summed E-state index contributed by atoms with van der Waals surface area (Å²) in [6.45, 7) is 5.14. The summed E-state index contributed by atoms with van der Waals surface area (Å²) in [5.41, 5.74) is 3.21. The summed E-state index contributed by atoms with van der Waals surface area (Å²) in [6, 6.07) is 6.19. The second-order valence-electron chi connectivity index (χ2n) is 4.76. The number of aryl methyl sites for hydroxylation is 1. The highest BCUT2D eigenvalue weighted by Crippen LogP contribution is 2.29. The first-order valence-corrected chi connectivity index (χ1v) is 6.90. The van der Waals surface area contributed by atoms with Crippen LogP contribution in [0.25, 0.3) is 0 Å². The van der Waals surface area contributed by atoms with Gasteiger partial charge in [-0.2, -0.15) is 0 Å². The maximum atomic E-state index is 5.49. The third kappa shape index (κ3) is 3.33. The van der Waals surface area contributed by atoms with Gasteiger partial charge in [-0.05, 0) is 26.0 Å². The van der Waals surface area contributed by atoms with Crippen LogP contribution in [0.1, 0.15) is 36.2 Å². The molecule has 106 valence electrons. The number of nitrogens with one attached hydrogen (secondary N) is 1. The normalized spacial score (nSPS) is 12.2. The molecule has 1 aromatic heterocycles. The van der Waals surface area contributed by atoms with Crippen molar-refractivity contribution in [3.63, 3.8) is 0 Å². The van der Waals surface area contributed by atoms with E-state index in [1.165, 1.54) is 5.56 Å². The molecule has 1 aromatic carbocycles. The fourth-order valence-corrected chi connectivity index (χ4v) is 2.20. The summed E-state index contributed by atoms with van der Waals surface area (Å²) in [5.74, 6) is 0.870. The van der Waals surface area contributed by atoms with E-state index in [4.69, 9.17) is 4.74 Å². The van der Waals surface area contributed by atoms with Crippen molar-refractivity contribution in [1.82, 2.24) is 15.3 Å². The first-order valence-electron chi connectivity index (χ1n) is 6.90. The molecule has 0 fully saturated rings.